The van der Waals surface area contributed by atoms with Crippen molar-refractivity contribution in [1.29, 1.82) is 0 Å². The van der Waals surface area contributed by atoms with Gasteiger partial charge in [0.1, 0.15) is 12.1 Å². The lowest BCUT2D eigenvalue weighted by molar-refractivity contribution is -0.117. The van der Waals surface area contributed by atoms with Gasteiger partial charge in [-0.2, -0.15) is 10.2 Å². The molecule has 0 spiro atoms. The van der Waals surface area contributed by atoms with Crippen LogP contribution in [0, 0.1) is 13.8 Å². The summed E-state index contributed by atoms with van der Waals surface area (Å²) in [5.74, 6) is 1.13. The first-order chi connectivity index (χ1) is 16.5. The van der Waals surface area contributed by atoms with Crippen molar-refractivity contribution in [2.75, 3.05) is 12.1 Å². The molecule has 2 aromatic carbocycles. The Labute approximate surface area is 194 Å². The van der Waals surface area contributed by atoms with E-state index < -0.39 is 0 Å². The second-order valence-corrected chi connectivity index (χ2v) is 8.83. The van der Waals surface area contributed by atoms with E-state index in [0.717, 1.165) is 40.7 Å². The molecule has 2 aliphatic rings. The highest BCUT2D eigenvalue weighted by molar-refractivity contribution is 5.91. The van der Waals surface area contributed by atoms with Crippen LogP contribution in [0.1, 0.15) is 35.6 Å². The van der Waals surface area contributed by atoms with Gasteiger partial charge in [0.05, 0.1) is 17.6 Å². The van der Waals surface area contributed by atoms with Gasteiger partial charge in [-0.3, -0.25) is 9.59 Å². The molecule has 9 nitrogen and oxygen atoms in total. The van der Waals surface area contributed by atoms with Crippen LogP contribution >= 0.6 is 0 Å². The second kappa shape index (κ2) is 7.72. The van der Waals surface area contributed by atoms with E-state index in [0.29, 0.717) is 22.7 Å². The molecule has 0 atom stereocenters. The number of benzene rings is 2. The number of nitrogens with one attached hydrogen (secondary N) is 1. The zero-order chi connectivity index (χ0) is 23.4. The minimum absolute atomic E-state index is 0.157. The van der Waals surface area contributed by atoms with E-state index in [1.54, 1.807) is 29.1 Å². The molecule has 34 heavy (non-hydrogen) atoms. The minimum atomic E-state index is -0.355. The second-order valence-electron chi connectivity index (χ2n) is 8.83. The number of hydrogen-bond donors (Lipinski definition) is 1. The third-order valence-corrected chi connectivity index (χ3v) is 6.36. The van der Waals surface area contributed by atoms with Gasteiger partial charge >= 0.3 is 0 Å². The third kappa shape index (κ3) is 3.49. The number of carbonyl (C=O) groups is 1. The quantitative estimate of drug-likeness (QED) is 0.493. The maximum Gasteiger partial charge on any atom is 0.293 e. The maximum atomic E-state index is 13.5. The third-order valence-electron chi connectivity index (χ3n) is 6.36. The number of nitrogens with zero attached hydrogens (tertiary/aromatic N) is 4. The van der Waals surface area contributed by atoms with Crippen molar-refractivity contribution in [2.45, 2.75) is 39.2 Å². The van der Waals surface area contributed by atoms with Gasteiger partial charge in [-0.05, 0) is 62.1 Å². The summed E-state index contributed by atoms with van der Waals surface area (Å²) in [4.78, 5) is 26.3. The van der Waals surface area contributed by atoms with Gasteiger partial charge in [-0.25, -0.2) is 9.36 Å². The van der Waals surface area contributed by atoms with E-state index in [1.807, 2.05) is 32.0 Å². The summed E-state index contributed by atoms with van der Waals surface area (Å²) in [5, 5.41) is 12.7. The molecule has 172 valence electrons. The number of rotatable bonds is 5. The molecule has 6 rings (SSSR count). The predicted octanol–water partition coefficient (Wildman–Crippen LogP) is 3.44. The van der Waals surface area contributed by atoms with E-state index >= 15 is 0 Å². The molecule has 4 aromatic rings. The molecule has 1 amide bonds. The summed E-state index contributed by atoms with van der Waals surface area (Å²) in [5.41, 5.74) is 4.55. The molecule has 0 radical (unpaired) electrons. The Kier molecular flexibility index (Phi) is 4.65. The molecular weight excluding hydrogens is 434 g/mol. The van der Waals surface area contributed by atoms with Crippen LogP contribution < -0.4 is 20.3 Å². The smallest absolute Gasteiger partial charge is 0.293 e. The molecular formula is C25H23N5O4. The molecule has 1 N–H and O–H groups in total. The van der Waals surface area contributed by atoms with Gasteiger partial charge in [-0.1, -0.05) is 6.07 Å². The van der Waals surface area contributed by atoms with Crippen molar-refractivity contribution in [1.82, 2.24) is 19.6 Å². The molecule has 2 aromatic heterocycles. The summed E-state index contributed by atoms with van der Waals surface area (Å²) < 4.78 is 13.6. The highest BCUT2D eigenvalue weighted by atomic mass is 16.7. The number of aromatic nitrogens is 4. The Morgan fingerprint density at radius 3 is 2.71 bits per heavy atom. The van der Waals surface area contributed by atoms with E-state index in [4.69, 9.17) is 9.47 Å². The summed E-state index contributed by atoms with van der Waals surface area (Å²) in [7, 11) is 0. The maximum absolute atomic E-state index is 13.5. The Balaban J connectivity index is 1.37. The number of anilines is 1. The largest absolute Gasteiger partial charge is 0.454 e. The van der Waals surface area contributed by atoms with Crippen molar-refractivity contribution in [2.24, 2.45) is 0 Å². The number of aryl methyl sites for hydroxylation is 2. The Morgan fingerprint density at radius 1 is 1.09 bits per heavy atom. The molecule has 1 saturated carbocycles. The van der Waals surface area contributed by atoms with Crippen LogP contribution in [-0.2, 0) is 11.3 Å². The fourth-order valence-electron chi connectivity index (χ4n) is 4.22. The van der Waals surface area contributed by atoms with Gasteiger partial charge in [0, 0.05) is 23.1 Å². The Morgan fingerprint density at radius 2 is 1.91 bits per heavy atom. The van der Waals surface area contributed by atoms with E-state index in [9.17, 15) is 9.59 Å². The van der Waals surface area contributed by atoms with Crippen molar-refractivity contribution in [3.63, 3.8) is 0 Å². The van der Waals surface area contributed by atoms with Crippen LogP contribution in [0.3, 0.4) is 0 Å². The normalized spacial score (nSPS) is 14.5. The zero-order valence-electron chi connectivity index (χ0n) is 18.9. The predicted molar refractivity (Wildman–Crippen MR) is 126 cm³/mol. The lowest BCUT2D eigenvalue weighted by atomic mass is 10.1. The minimum Gasteiger partial charge on any atom is -0.454 e. The molecule has 1 fully saturated rings. The first-order valence-electron chi connectivity index (χ1n) is 11.2. The van der Waals surface area contributed by atoms with Gasteiger partial charge in [0.15, 0.2) is 11.5 Å². The number of ether oxygens (including phenoxy) is 2. The highest BCUT2D eigenvalue weighted by Crippen LogP contribution is 2.41. The average Bonchev–Trinajstić information content (AvgIpc) is 3.38. The summed E-state index contributed by atoms with van der Waals surface area (Å²) in [6.07, 6.45) is 3.74. The number of hydrogen-bond acceptors (Lipinski definition) is 6. The Bertz CT molecular complexity index is 1520. The molecule has 9 heteroatoms. The van der Waals surface area contributed by atoms with E-state index in [-0.39, 0.29) is 30.7 Å². The fraction of sp³-hybridized carbons (Fsp3) is 0.280. The lowest BCUT2D eigenvalue weighted by Crippen LogP contribution is -2.31. The number of carbonyl (C=O) groups excluding carboxylic acids is 1. The van der Waals surface area contributed by atoms with Crippen molar-refractivity contribution < 1.29 is 14.3 Å². The molecule has 0 bridgehead atoms. The van der Waals surface area contributed by atoms with Crippen molar-refractivity contribution >= 4 is 22.5 Å². The van der Waals surface area contributed by atoms with Crippen molar-refractivity contribution in [3.05, 3.63) is 69.8 Å². The van der Waals surface area contributed by atoms with Gasteiger partial charge in [-0.15, -0.1) is 0 Å². The standard InChI is InChI=1S/C25H23N5O4/c1-14-3-7-18(9-15(14)2)30-24-19(11-26-30)23(16-4-5-16)28-29(25(24)32)12-22(31)27-17-6-8-20-21(10-17)34-13-33-20/h3,6-11,16H,4-5,12-13H2,1-2H3,(H,27,31). The molecule has 1 aliphatic heterocycles. The average molecular weight is 457 g/mol. The van der Waals surface area contributed by atoms with Crippen LogP contribution in [0.2, 0.25) is 0 Å². The van der Waals surface area contributed by atoms with E-state index in [1.165, 1.54) is 4.68 Å². The number of fused-ring (bicyclic) bond motifs is 2. The van der Waals surface area contributed by atoms with Crippen LogP contribution in [0.15, 0.2) is 47.4 Å². The van der Waals surface area contributed by atoms with Gasteiger partial charge in [0.25, 0.3) is 5.56 Å². The summed E-state index contributed by atoms with van der Waals surface area (Å²) >= 11 is 0. The summed E-state index contributed by atoms with van der Waals surface area (Å²) in [6.45, 7) is 4.02. The highest BCUT2D eigenvalue weighted by Gasteiger charge is 2.30. The first kappa shape index (κ1) is 20.5. The molecule has 1 aliphatic carbocycles. The van der Waals surface area contributed by atoms with Gasteiger partial charge < -0.3 is 14.8 Å². The SMILES string of the molecule is Cc1ccc(-n2ncc3c(C4CC4)nn(CC(=O)Nc4ccc5c(c4)OCO5)c(=O)c32)cc1C. The molecule has 0 saturated heterocycles. The number of amides is 1. The first-order valence-corrected chi connectivity index (χ1v) is 11.2. The topological polar surface area (TPSA) is 100 Å². The van der Waals surface area contributed by atoms with E-state index in [2.05, 4.69) is 15.5 Å². The zero-order valence-corrected chi connectivity index (χ0v) is 18.9. The Hall–Kier alpha value is -4.14. The van der Waals surface area contributed by atoms with Crippen LogP contribution in [-0.4, -0.2) is 32.3 Å². The molecule has 0 unspecified atom stereocenters. The van der Waals surface area contributed by atoms with Gasteiger partial charge in [0.2, 0.25) is 12.7 Å². The van der Waals surface area contributed by atoms with Crippen LogP contribution in [0.25, 0.3) is 16.6 Å². The summed E-state index contributed by atoms with van der Waals surface area (Å²) in [6, 6.07) is 11.1. The monoisotopic (exact) mass is 457 g/mol. The fourth-order valence-corrected chi connectivity index (χ4v) is 4.22. The van der Waals surface area contributed by atoms with Crippen LogP contribution in [0.5, 0.6) is 11.5 Å². The van der Waals surface area contributed by atoms with Crippen molar-refractivity contribution in [3.8, 4) is 17.2 Å². The van der Waals surface area contributed by atoms with Crippen LogP contribution in [0.4, 0.5) is 5.69 Å². The lowest BCUT2D eigenvalue weighted by Gasteiger charge is -2.11. The molecule has 3 heterocycles.